The predicted molar refractivity (Wildman–Crippen MR) is 66.4 cm³/mol. The Kier molecular flexibility index (Phi) is 2.92. The van der Waals surface area contributed by atoms with Crippen molar-refractivity contribution in [2.24, 2.45) is 0 Å². The number of hydrogen-bond donors (Lipinski definition) is 0. The van der Waals surface area contributed by atoms with E-state index in [0.29, 0.717) is 5.15 Å². The molecule has 1 atom stereocenters. The molecule has 0 bridgehead atoms. The van der Waals surface area contributed by atoms with Crippen LogP contribution in [0.3, 0.4) is 0 Å². The van der Waals surface area contributed by atoms with Gasteiger partial charge in [-0.05, 0) is 25.7 Å². The first kappa shape index (κ1) is 11.2. The average molecular weight is 254 g/mol. The molecule has 2 saturated heterocycles. The molecule has 17 heavy (non-hydrogen) atoms. The number of aromatic nitrogens is 2. The predicted octanol–water partition coefficient (Wildman–Crippen LogP) is 2.28. The third-order valence-electron chi connectivity index (χ3n) is 3.69. The standard InChI is InChI=1S/C12H16ClN3O/c13-10-7-11(15-9-14-10)16-5-4-12(8-16)3-1-2-6-17-12/h7,9H,1-6,8H2. The molecule has 1 spiro atoms. The third kappa shape index (κ3) is 2.24. The Morgan fingerprint density at radius 1 is 1.29 bits per heavy atom. The van der Waals surface area contributed by atoms with Crippen molar-refractivity contribution < 1.29 is 4.74 Å². The SMILES string of the molecule is Clc1cc(N2CCC3(CCCCO3)C2)ncn1. The van der Waals surface area contributed by atoms with Gasteiger partial charge in [0.2, 0.25) is 0 Å². The second-order valence-electron chi connectivity index (χ2n) is 4.86. The zero-order valence-electron chi connectivity index (χ0n) is 9.73. The average Bonchev–Trinajstić information content (AvgIpc) is 2.74. The van der Waals surface area contributed by atoms with Crippen molar-refractivity contribution in [1.29, 1.82) is 0 Å². The molecule has 2 aliphatic rings. The van der Waals surface area contributed by atoms with Crippen LogP contribution in [-0.2, 0) is 4.74 Å². The molecule has 2 aliphatic heterocycles. The zero-order chi connectivity index (χ0) is 11.7. The molecule has 92 valence electrons. The van der Waals surface area contributed by atoms with Gasteiger partial charge in [-0.25, -0.2) is 9.97 Å². The maximum absolute atomic E-state index is 5.99. The van der Waals surface area contributed by atoms with Crippen molar-refractivity contribution in [2.45, 2.75) is 31.3 Å². The number of nitrogens with zero attached hydrogens (tertiary/aromatic N) is 3. The summed E-state index contributed by atoms with van der Waals surface area (Å²) in [6.45, 7) is 2.83. The minimum absolute atomic E-state index is 0.0652. The van der Waals surface area contributed by atoms with Crippen molar-refractivity contribution >= 4 is 17.4 Å². The van der Waals surface area contributed by atoms with Crippen LogP contribution >= 0.6 is 11.6 Å². The molecular formula is C12H16ClN3O. The smallest absolute Gasteiger partial charge is 0.134 e. The lowest BCUT2D eigenvalue weighted by molar-refractivity contribution is -0.0622. The van der Waals surface area contributed by atoms with Crippen LogP contribution in [0.5, 0.6) is 0 Å². The minimum atomic E-state index is 0.0652. The summed E-state index contributed by atoms with van der Waals surface area (Å²) in [4.78, 5) is 10.4. The Morgan fingerprint density at radius 2 is 2.24 bits per heavy atom. The maximum Gasteiger partial charge on any atom is 0.134 e. The van der Waals surface area contributed by atoms with Crippen LogP contribution in [0, 0.1) is 0 Å². The number of ether oxygens (including phenoxy) is 1. The van der Waals surface area contributed by atoms with E-state index >= 15 is 0 Å². The highest BCUT2D eigenvalue weighted by Gasteiger charge is 2.40. The van der Waals surface area contributed by atoms with Gasteiger partial charge >= 0.3 is 0 Å². The molecule has 0 radical (unpaired) electrons. The van der Waals surface area contributed by atoms with Crippen molar-refractivity contribution in [3.05, 3.63) is 17.5 Å². The first-order valence-corrected chi connectivity index (χ1v) is 6.52. The van der Waals surface area contributed by atoms with Crippen molar-refractivity contribution in [3.8, 4) is 0 Å². The number of halogens is 1. The van der Waals surface area contributed by atoms with Crippen LogP contribution < -0.4 is 4.90 Å². The molecule has 1 unspecified atom stereocenters. The largest absolute Gasteiger partial charge is 0.373 e. The molecule has 2 fully saturated rings. The summed E-state index contributed by atoms with van der Waals surface area (Å²) in [5.74, 6) is 0.913. The summed E-state index contributed by atoms with van der Waals surface area (Å²) < 4.78 is 5.99. The molecule has 0 aromatic carbocycles. The lowest BCUT2D eigenvalue weighted by atomic mass is 9.93. The van der Waals surface area contributed by atoms with Gasteiger partial charge in [0.1, 0.15) is 17.3 Å². The zero-order valence-corrected chi connectivity index (χ0v) is 10.5. The van der Waals surface area contributed by atoms with E-state index in [4.69, 9.17) is 16.3 Å². The first-order valence-electron chi connectivity index (χ1n) is 6.14. The Bertz CT molecular complexity index is 406. The van der Waals surface area contributed by atoms with E-state index in [-0.39, 0.29) is 5.60 Å². The minimum Gasteiger partial charge on any atom is -0.373 e. The van der Waals surface area contributed by atoms with Crippen LogP contribution in [0.2, 0.25) is 5.15 Å². The lowest BCUT2D eigenvalue weighted by Crippen LogP contribution is -2.39. The second-order valence-corrected chi connectivity index (χ2v) is 5.25. The van der Waals surface area contributed by atoms with Crippen molar-refractivity contribution in [2.75, 3.05) is 24.6 Å². The van der Waals surface area contributed by atoms with E-state index in [1.54, 1.807) is 0 Å². The monoisotopic (exact) mass is 253 g/mol. The molecule has 1 aromatic rings. The molecule has 0 amide bonds. The van der Waals surface area contributed by atoms with Gasteiger partial charge in [0, 0.05) is 25.8 Å². The Balaban J connectivity index is 1.75. The summed E-state index contributed by atoms with van der Waals surface area (Å²) in [5, 5.41) is 0.500. The van der Waals surface area contributed by atoms with Crippen LogP contribution in [0.25, 0.3) is 0 Å². The molecular weight excluding hydrogens is 238 g/mol. The second kappa shape index (κ2) is 4.42. The van der Waals surface area contributed by atoms with Gasteiger partial charge in [-0.3, -0.25) is 0 Å². The highest BCUT2D eigenvalue weighted by atomic mass is 35.5. The van der Waals surface area contributed by atoms with Gasteiger partial charge in [-0.15, -0.1) is 0 Å². The van der Waals surface area contributed by atoms with E-state index in [2.05, 4.69) is 14.9 Å². The van der Waals surface area contributed by atoms with Crippen molar-refractivity contribution in [1.82, 2.24) is 9.97 Å². The van der Waals surface area contributed by atoms with Gasteiger partial charge in [-0.1, -0.05) is 11.6 Å². The highest BCUT2D eigenvalue weighted by molar-refractivity contribution is 6.29. The Morgan fingerprint density at radius 3 is 3.00 bits per heavy atom. The fourth-order valence-corrected chi connectivity index (χ4v) is 2.91. The van der Waals surface area contributed by atoms with Crippen LogP contribution in [0.15, 0.2) is 12.4 Å². The van der Waals surface area contributed by atoms with Gasteiger partial charge in [0.25, 0.3) is 0 Å². The summed E-state index contributed by atoms with van der Waals surface area (Å²) in [5.41, 5.74) is 0.0652. The fourth-order valence-electron chi connectivity index (χ4n) is 2.77. The maximum atomic E-state index is 5.99. The number of hydrogen-bond acceptors (Lipinski definition) is 4. The lowest BCUT2D eigenvalue weighted by Gasteiger charge is -2.33. The normalized spacial score (nSPS) is 28.9. The molecule has 1 aromatic heterocycles. The van der Waals surface area contributed by atoms with Gasteiger partial charge in [0.15, 0.2) is 0 Å². The van der Waals surface area contributed by atoms with E-state index in [9.17, 15) is 0 Å². The number of anilines is 1. The molecule has 5 heteroatoms. The van der Waals surface area contributed by atoms with Gasteiger partial charge < -0.3 is 9.64 Å². The Labute approximate surface area is 106 Å². The molecule has 0 aliphatic carbocycles. The molecule has 0 saturated carbocycles. The first-order chi connectivity index (χ1) is 8.27. The van der Waals surface area contributed by atoms with Crippen molar-refractivity contribution in [3.63, 3.8) is 0 Å². The summed E-state index contributed by atoms with van der Waals surface area (Å²) >= 11 is 5.89. The van der Waals surface area contributed by atoms with Crippen LogP contribution in [0.4, 0.5) is 5.82 Å². The summed E-state index contributed by atoms with van der Waals surface area (Å²) in [6, 6.07) is 1.82. The highest BCUT2D eigenvalue weighted by Crippen LogP contribution is 2.35. The van der Waals surface area contributed by atoms with Crippen LogP contribution in [0.1, 0.15) is 25.7 Å². The van der Waals surface area contributed by atoms with E-state index < -0.39 is 0 Å². The summed E-state index contributed by atoms with van der Waals surface area (Å²) in [6.07, 6.45) is 6.25. The molecule has 3 heterocycles. The van der Waals surface area contributed by atoms with E-state index in [1.165, 1.54) is 25.6 Å². The molecule has 4 nitrogen and oxygen atoms in total. The summed E-state index contributed by atoms with van der Waals surface area (Å²) in [7, 11) is 0. The molecule has 0 N–H and O–H groups in total. The van der Waals surface area contributed by atoms with Gasteiger partial charge in [0.05, 0.1) is 5.60 Å². The van der Waals surface area contributed by atoms with E-state index in [0.717, 1.165) is 31.9 Å². The van der Waals surface area contributed by atoms with E-state index in [1.807, 2.05) is 6.07 Å². The molecule has 3 rings (SSSR count). The topological polar surface area (TPSA) is 38.2 Å². The Hall–Kier alpha value is -0.870. The fraction of sp³-hybridized carbons (Fsp3) is 0.667. The van der Waals surface area contributed by atoms with Crippen LogP contribution in [-0.4, -0.2) is 35.3 Å². The quantitative estimate of drug-likeness (QED) is 0.720. The third-order valence-corrected chi connectivity index (χ3v) is 3.90. The van der Waals surface area contributed by atoms with Gasteiger partial charge in [-0.2, -0.15) is 0 Å². The number of rotatable bonds is 1.